The molecule has 96 valence electrons. The van der Waals surface area contributed by atoms with Crippen molar-refractivity contribution in [3.05, 3.63) is 23.8 Å². The van der Waals surface area contributed by atoms with Gasteiger partial charge in [0.15, 0.2) is 0 Å². The molecule has 0 unspecified atom stereocenters. The fourth-order valence-electron chi connectivity index (χ4n) is 1.75. The highest BCUT2D eigenvalue weighted by molar-refractivity contribution is 5.98. The largest absolute Gasteiger partial charge is 0.508 e. The summed E-state index contributed by atoms with van der Waals surface area (Å²) in [7, 11) is 0. The van der Waals surface area contributed by atoms with Gasteiger partial charge in [0.1, 0.15) is 18.0 Å². The van der Waals surface area contributed by atoms with Crippen LogP contribution in [0.5, 0.6) is 11.5 Å². The van der Waals surface area contributed by atoms with E-state index in [4.69, 9.17) is 5.11 Å². The van der Waals surface area contributed by atoms with Crippen molar-refractivity contribution < 1.29 is 24.9 Å². The number of nitrogens with zero attached hydrogens (tertiary/aromatic N) is 1. The highest BCUT2D eigenvalue weighted by Gasteiger charge is 2.35. The summed E-state index contributed by atoms with van der Waals surface area (Å²) in [6.07, 6.45) is 1.52. The van der Waals surface area contributed by atoms with E-state index < -0.39 is 18.4 Å². The van der Waals surface area contributed by atoms with Crippen LogP contribution in [-0.4, -0.2) is 44.7 Å². The molecule has 0 heterocycles. The fourth-order valence-corrected chi connectivity index (χ4v) is 1.75. The number of benzene rings is 1. The summed E-state index contributed by atoms with van der Waals surface area (Å²) in [5, 5.41) is 27.7. The molecule has 0 radical (unpaired) electrons. The molecule has 1 aliphatic carbocycles. The minimum Gasteiger partial charge on any atom is -0.508 e. The Hall–Kier alpha value is -2.24. The highest BCUT2D eigenvalue weighted by Crippen LogP contribution is 2.31. The summed E-state index contributed by atoms with van der Waals surface area (Å²) >= 11 is 0. The summed E-state index contributed by atoms with van der Waals surface area (Å²) in [6, 6.07) is 3.50. The maximum Gasteiger partial charge on any atom is 0.323 e. The Morgan fingerprint density at radius 3 is 2.50 bits per heavy atom. The molecule has 0 atom stereocenters. The molecule has 0 saturated heterocycles. The molecule has 3 N–H and O–H groups in total. The Morgan fingerprint density at radius 2 is 1.94 bits per heavy atom. The van der Waals surface area contributed by atoms with Gasteiger partial charge in [-0.1, -0.05) is 0 Å². The molecule has 1 fully saturated rings. The second-order valence-electron chi connectivity index (χ2n) is 4.26. The highest BCUT2D eigenvalue weighted by atomic mass is 16.4. The average Bonchev–Trinajstić information content (AvgIpc) is 3.12. The van der Waals surface area contributed by atoms with Crippen molar-refractivity contribution in [2.75, 3.05) is 6.54 Å². The average molecular weight is 251 g/mol. The predicted octanol–water partition coefficient (Wildman–Crippen LogP) is 0.787. The first-order chi connectivity index (χ1) is 8.49. The lowest BCUT2D eigenvalue weighted by Gasteiger charge is -2.20. The zero-order chi connectivity index (χ0) is 13.3. The van der Waals surface area contributed by atoms with Crippen LogP contribution in [0, 0.1) is 0 Å². The maximum absolute atomic E-state index is 12.1. The Labute approximate surface area is 103 Å². The molecule has 1 amide bonds. The van der Waals surface area contributed by atoms with Crippen LogP contribution in [-0.2, 0) is 4.79 Å². The van der Waals surface area contributed by atoms with Gasteiger partial charge in [0.25, 0.3) is 5.91 Å². The van der Waals surface area contributed by atoms with E-state index in [9.17, 15) is 19.8 Å². The van der Waals surface area contributed by atoms with Gasteiger partial charge < -0.3 is 20.2 Å². The van der Waals surface area contributed by atoms with Crippen molar-refractivity contribution in [2.24, 2.45) is 0 Å². The number of phenols is 2. The van der Waals surface area contributed by atoms with Crippen LogP contribution in [0.3, 0.4) is 0 Å². The van der Waals surface area contributed by atoms with Gasteiger partial charge in [0.05, 0.1) is 5.56 Å². The molecule has 0 spiro atoms. The number of carbonyl (C=O) groups is 2. The van der Waals surface area contributed by atoms with E-state index in [0.29, 0.717) is 0 Å². The SMILES string of the molecule is O=C(O)CN(C(=O)c1cc(O)ccc1O)C1CC1. The normalized spacial score (nSPS) is 14.2. The second kappa shape index (κ2) is 4.56. The zero-order valence-electron chi connectivity index (χ0n) is 9.54. The van der Waals surface area contributed by atoms with Crippen LogP contribution in [0.15, 0.2) is 18.2 Å². The van der Waals surface area contributed by atoms with E-state index in [-0.39, 0.29) is 23.1 Å². The van der Waals surface area contributed by atoms with E-state index in [1.165, 1.54) is 17.0 Å². The number of phenolic OH excluding ortho intramolecular Hbond substituents is 2. The number of amides is 1. The summed E-state index contributed by atoms with van der Waals surface area (Å²) in [4.78, 5) is 24.1. The maximum atomic E-state index is 12.1. The first kappa shape index (κ1) is 12.2. The second-order valence-corrected chi connectivity index (χ2v) is 4.26. The molecule has 18 heavy (non-hydrogen) atoms. The van der Waals surface area contributed by atoms with Crippen molar-refractivity contribution >= 4 is 11.9 Å². The van der Waals surface area contributed by atoms with Gasteiger partial charge >= 0.3 is 5.97 Å². The molecular weight excluding hydrogens is 238 g/mol. The number of hydrogen-bond acceptors (Lipinski definition) is 4. The number of carbonyl (C=O) groups excluding carboxylic acids is 1. The van der Waals surface area contributed by atoms with E-state index in [1.54, 1.807) is 0 Å². The van der Waals surface area contributed by atoms with Crippen LogP contribution < -0.4 is 0 Å². The Kier molecular flexibility index (Phi) is 3.10. The smallest absolute Gasteiger partial charge is 0.323 e. The molecule has 1 aliphatic rings. The number of aromatic hydroxyl groups is 2. The van der Waals surface area contributed by atoms with Gasteiger partial charge in [0.2, 0.25) is 0 Å². The first-order valence-electron chi connectivity index (χ1n) is 5.54. The quantitative estimate of drug-likeness (QED) is 0.687. The van der Waals surface area contributed by atoms with E-state index in [1.807, 2.05) is 0 Å². The standard InChI is InChI=1S/C12H13NO5/c14-8-3-4-10(15)9(5-8)12(18)13(6-11(16)17)7-1-2-7/h3-5,7,14-15H,1-2,6H2,(H,16,17). The molecule has 1 aromatic carbocycles. The van der Waals surface area contributed by atoms with Crippen molar-refractivity contribution in [3.63, 3.8) is 0 Å². The van der Waals surface area contributed by atoms with E-state index in [2.05, 4.69) is 0 Å². The number of rotatable bonds is 4. The number of hydrogen-bond donors (Lipinski definition) is 3. The van der Waals surface area contributed by atoms with Gasteiger partial charge in [-0.05, 0) is 31.0 Å². The number of carboxylic acid groups (broad SMARTS) is 1. The summed E-state index contributed by atoms with van der Waals surface area (Å²) in [5.41, 5.74) is -0.0804. The van der Waals surface area contributed by atoms with Crippen LogP contribution >= 0.6 is 0 Å². The molecule has 6 heteroatoms. The van der Waals surface area contributed by atoms with E-state index in [0.717, 1.165) is 18.9 Å². The molecular formula is C12H13NO5. The number of carboxylic acids is 1. The topological polar surface area (TPSA) is 98.1 Å². The van der Waals surface area contributed by atoms with Crippen LogP contribution in [0.2, 0.25) is 0 Å². The first-order valence-corrected chi connectivity index (χ1v) is 5.54. The molecule has 0 bridgehead atoms. The lowest BCUT2D eigenvalue weighted by atomic mass is 10.1. The Balaban J connectivity index is 2.27. The monoisotopic (exact) mass is 251 g/mol. The molecule has 1 aromatic rings. The van der Waals surface area contributed by atoms with E-state index >= 15 is 0 Å². The Bertz CT molecular complexity index is 495. The van der Waals surface area contributed by atoms with Gasteiger partial charge in [-0.2, -0.15) is 0 Å². The van der Waals surface area contributed by atoms with Crippen molar-refractivity contribution in [2.45, 2.75) is 18.9 Å². The Morgan fingerprint density at radius 1 is 1.28 bits per heavy atom. The van der Waals surface area contributed by atoms with Crippen LogP contribution in [0.1, 0.15) is 23.2 Å². The third-order valence-electron chi connectivity index (χ3n) is 2.76. The minimum atomic E-state index is -1.10. The third-order valence-corrected chi connectivity index (χ3v) is 2.76. The van der Waals surface area contributed by atoms with Gasteiger partial charge in [-0.15, -0.1) is 0 Å². The molecule has 0 aliphatic heterocycles. The van der Waals surface area contributed by atoms with Crippen molar-refractivity contribution in [1.82, 2.24) is 4.90 Å². The van der Waals surface area contributed by atoms with Crippen LogP contribution in [0.4, 0.5) is 0 Å². The summed E-state index contributed by atoms with van der Waals surface area (Å²) in [5.74, 6) is -2.10. The van der Waals surface area contributed by atoms with Gasteiger partial charge in [-0.25, -0.2) is 0 Å². The van der Waals surface area contributed by atoms with Gasteiger partial charge in [0, 0.05) is 6.04 Å². The van der Waals surface area contributed by atoms with Crippen LogP contribution in [0.25, 0.3) is 0 Å². The molecule has 6 nitrogen and oxygen atoms in total. The molecule has 2 rings (SSSR count). The van der Waals surface area contributed by atoms with Crippen molar-refractivity contribution in [1.29, 1.82) is 0 Å². The molecule has 1 saturated carbocycles. The lowest BCUT2D eigenvalue weighted by Crippen LogP contribution is -2.37. The number of aliphatic carboxylic acids is 1. The minimum absolute atomic E-state index is 0.0804. The fraction of sp³-hybridized carbons (Fsp3) is 0.333. The summed E-state index contributed by atoms with van der Waals surface area (Å²) in [6.45, 7) is -0.404. The van der Waals surface area contributed by atoms with Crippen molar-refractivity contribution in [3.8, 4) is 11.5 Å². The summed E-state index contributed by atoms with van der Waals surface area (Å²) < 4.78 is 0. The molecule has 0 aromatic heterocycles. The zero-order valence-corrected chi connectivity index (χ0v) is 9.54. The van der Waals surface area contributed by atoms with Gasteiger partial charge in [-0.3, -0.25) is 9.59 Å². The lowest BCUT2D eigenvalue weighted by molar-refractivity contribution is -0.137. The third kappa shape index (κ3) is 2.53. The predicted molar refractivity (Wildman–Crippen MR) is 61.5 cm³/mol.